The maximum Gasteiger partial charge on any atom is 0.261 e. The van der Waals surface area contributed by atoms with Gasteiger partial charge in [-0.05, 0) is 122 Å². The van der Waals surface area contributed by atoms with Gasteiger partial charge in [0, 0.05) is 16.9 Å². The van der Waals surface area contributed by atoms with Gasteiger partial charge >= 0.3 is 0 Å². The summed E-state index contributed by atoms with van der Waals surface area (Å²) in [4.78, 5) is 13.5. The number of benzene rings is 4. The lowest BCUT2D eigenvalue weighted by molar-refractivity contribution is 0.102. The topological polar surface area (TPSA) is 87.3 Å². The Morgan fingerprint density at radius 2 is 1.62 bits per heavy atom. The Bertz CT molecular complexity index is 1770. The predicted molar refractivity (Wildman–Crippen MR) is 167 cm³/mol. The van der Waals surface area contributed by atoms with Crippen molar-refractivity contribution in [3.63, 3.8) is 0 Å². The van der Waals surface area contributed by atoms with Crippen LogP contribution in [0.2, 0.25) is 0 Å². The third-order valence-electron chi connectivity index (χ3n) is 9.56. The number of anilines is 3. The SMILES string of the molecule is Cc1ccc(NS(=O)(=O)c2ccc(NC(=O)c3ccc4c(c3)[C@@H]3[C@H]5CC[C@@H](C5)[C@H]3[C@@H](c3ccccc3)N4)cc2)c(C)c1. The molecule has 0 aromatic heterocycles. The maximum atomic E-state index is 13.4. The minimum absolute atomic E-state index is 0.135. The highest BCUT2D eigenvalue weighted by Crippen LogP contribution is 2.63. The second-order valence-corrected chi connectivity index (χ2v) is 13.9. The largest absolute Gasteiger partial charge is 0.378 e. The molecule has 2 aliphatic carbocycles. The van der Waals surface area contributed by atoms with E-state index in [2.05, 4.69) is 57.8 Å². The van der Waals surface area contributed by atoms with E-state index in [-0.39, 0.29) is 16.8 Å². The molecule has 3 N–H and O–H groups in total. The highest BCUT2D eigenvalue weighted by molar-refractivity contribution is 7.92. The van der Waals surface area contributed by atoms with E-state index < -0.39 is 10.0 Å². The van der Waals surface area contributed by atoms with Crippen LogP contribution in [0.3, 0.4) is 0 Å². The van der Waals surface area contributed by atoms with Gasteiger partial charge in [0.1, 0.15) is 0 Å². The molecule has 42 heavy (non-hydrogen) atoms. The summed E-state index contributed by atoms with van der Waals surface area (Å²) in [5.41, 5.74) is 7.35. The van der Waals surface area contributed by atoms with E-state index in [1.54, 1.807) is 18.2 Å². The molecule has 7 heteroatoms. The molecule has 2 bridgehead atoms. The Hall–Kier alpha value is -4.10. The number of carbonyl (C=O) groups is 1. The molecule has 1 heterocycles. The van der Waals surface area contributed by atoms with Crippen LogP contribution in [0, 0.1) is 31.6 Å². The quantitative estimate of drug-likeness (QED) is 0.220. The zero-order valence-corrected chi connectivity index (χ0v) is 24.6. The minimum atomic E-state index is -3.76. The summed E-state index contributed by atoms with van der Waals surface area (Å²) in [6, 6.07) is 28.9. The van der Waals surface area contributed by atoms with E-state index in [9.17, 15) is 13.2 Å². The van der Waals surface area contributed by atoms with Crippen molar-refractivity contribution in [3.8, 4) is 0 Å². The van der Waals surface area contributed by atoms with Gasteiger partial charge in [0.2, 0.25) is 0 Å². The number of sulfonamides is 1. The van der Waals surface area contributed by atoms with Gasteiger partial charge in [0.05, 0.1) is 16.6 Å². The first-order chi connectivity index (χ1) is 20.3. The Balaban J connectivity index is 1.10. The fraction of sp³-hybridized carbons (Fsp3) is 0.286. The van der Waals surface area contributed by atoms with Gasteiger partial charge in [-0.3, -0.25) is 9.52 Å². The summed E-state index contributed by atoms with van der Waals surface area (Å²) in [6.07, 6.45) is 3.82. The normalized spacial score (nSPS) is 23.9. The van der Waals surface area contributed by atoms with E-state index in [0.717, 1.165) is 16.8 Å². The molecule has 0 radical (unpaired) electrons. The molecular formula is C35H35N3O3S. The van der Waals surface area contributed by atoms with Crippen LogP contribution in [-0.4, -0.2) is 14.3 Å². The number of nitrogens with one attached hydrogen (secondary N) is 3. The first-order valence-electron chi connectivity index (χ1n) is 14.7. The summed E-state index contributed by atoms with van der Waals surface area (Å²) in [5.74, 6) is 2.15. The maximum absolute atomic E-state index is 13.4. The highest BCUT2D eigenvalue weighted by Gasteiger charge is 2.53. The molecule has 0 saturated heterocycles. The van der Waals surface area contributed by atoms with Crippen LogP contribution in [0.15, 0.2) is 95.9 Å². The van der Waals surface area contributed by atoms with Crippen LogP contribution >= 0.6 is 0 Å². The van der Waals surface area contributed by atoms with Crippen molar-refractivity contribution in [2.75, 3.05) is 15.4 Å². The second kappa shape index (κ2) is 10.3. The van der Waals surface area contributed by atoms with Crippen LogP contribution in [0.1, 0.15) is 63.8 Å². The van der Waals surface area contributed by atoms with Crippen molar-refractivity contribution in [2.45, 2.75) is 50.0 Å². The molecule has 1 amide bonds. The van der Waals surface area contributed by atoms with Gasteiger partial charge in [-0.1, -0.05) is 48.0 Å². The fourth-order valence-electron chi connectivity index (χ4n) is 7.67. The zero-order chi connectivity index (χ0) is 29.0. The van der Waals surface area contributed by atoms with Crippen LogP contribution in [0.25, 0.3) is 0 Å². The van der Waals surface area contributed by atoms with Crippen LogP contribution in [0.4, 0.5) is 17.1 Å². The van der Waals surface area contributed by atoms with E-state index >= 15 is 0 Å². The number of hydrogen-bond donors (Lipinski definition) is 3. The molecule has 4 aromatic carbocycles. The Kier molecular flexibility index (Phi) is 6.58. The average Bonchev–Trinajstić information content (AvgIpc) is 3.62. The number of amides is 1. The molecule has 4 aromatic rings. The molecule has 1 aliphatic heterocycles. The third kappa shape index (κ3) is 4.75. The van der Waals surface area contributed by atoms with Crippen LogP contribution in [0.5, 0.6) is 0 Å². The smallest absolute Gasteiger partial charge is 0.261 e. The first-order valence-corrected chi connectivity index (χ1v) is 16.2. The Morgan fingerprint density at radius 1 is 0.857 bits per heavy atom. The molecule has 2 saturated carbocycles. The standard InChI is InChI=1S/C35H35N3O3S/c1-21-8-16-30(22(2)18-21)38-42(40,41)28-14-12-27(13-15-28)36-35(39)26-11-17-31-29(20-26)32-24-9-10-25(19-24)33(32)34(37-31)23-6-4-3-5-7-23/h3-8,11-18,20,24-25,32-34,37-38H,9-10,19H2,1-2H3,(H,36,39)/t24-,25-,32-,33+,34+/m0/s1. The van der Waals surface area contributed by atoms with Crippen molar-refractivity contribution in [2.24, 2.45) is 17.8 Å². The van der Waals surface area contributed by atoms with Crippen LogP contribution < -0.4 is 15.4 Å². The average molecular weight is 578 g/mol. The van der Waals surface area contributed by atoms with Gasteiger partial charge in [-0.15, -0.1) is 0 Å². The number of aryl methyl sites for hydroxylation is 2. The minimum Gasteiger partial charge on any atom is -0.378 e. The van der Waals surface area contributed by atoms with Gasteiger partial charge in [0.25, 0.3) is 15.9 Å². The number of rotatable bonds is 6. The Labute approximate surface area is 247 Å². The summed E-state index contributed by atoms with van der Waals surface area (Å²) in [7, 11) is -3.76. The fourth-order valence-corrected chi connectivity index (χ4v) is 8.80. The predicted octanol–water partition coefficient (Wildman–Crippen LogP) is 7.65. The highest BCUT2D eigenvalue weighted by atomic mass is 32.2. The van der Waals surface area contributed by atoms with Gasteiger partial charge < -0.3 is 10.6 Å². The van der Waals surface area contributed by atoms with Gasteiger partial charge in [-0.25, -0.2) is 8.42 Å². The summed E-state index contributed by atoms with van der Waals surface area (Å²) >= 11 is 0. The molecule has 0 spiro atoms. The molecule has 214 valence electrons. The van der Waals surface area contributed by atoms with E-state index in [4.69, 9.17) is 0 Å². The van der Waals surface area contributed by atoms with Gasteiger partial charge in [0.15, 0.2) is 0 Å². The van der Waals surface area contributed by atoms with Crippen molar-refractivity contribution >= 4 is 33.0 Å². The molecular weight excluding hydrogens is 542 g/mol. The molecule has 5 atom stereocenters. The molecule has 7 rings (SSSR count). The number of fused-ring (bicyclic) bond motifs is 7. The number of carbonyl (C=O) groups excluding carboxylic acids is 1. The van der Waals surface area contributed by atoms with Crippen molar-refractivity contribution in [1.29, 1.82) is 0 Å². The second-order valence-electron chi connectivity index (χ2n) is 12.2. The molecule has 0 unspecified atom stereocenters. The lowest BCUT2D eigenvalue weighted by Gasteiger charge is -2.43. The third-order valence-corrected chi connectivity index (χ3v) is 10.9. The van der Waals surface area contributed by atoms with Crippen molar-refractivity contribution in [3.05, 3.63) is 119 Å². The molecule has 3 aliphatic rings. The lowest BCUT2D eigenvalue weighted by atomic mass is 9.68. The zero-order valence-electron chi connectivity index (χ0n) is 23.8. The first kappa shape index (κ1) is 26.8. The van der Waals surface area contributed by atoms with Gasteiger partial charge in [-0.2, -0.15) is 0 Å². The summed E-state index contributed by atoms with van der Waals surface area (Å²) in [6.45, 7) is 3.84. The van der Waals surface area contributed by atoms with Crippen molar-refractivity contribution < 1.29 is 13.2 Å². The van der Waals surface area contributed by atoms with Crippen molar-refractivity contribution in [1.82, 2.24) is 0 Å². The lowest BCUT2D eigenvalue weighted by Crippen LogP contribution is -2.35. The van der Waals surface area contributed by atoms with Crippen LogP contribution in [-0.2, 0) is 10.0 Å². The summed E-state index contributed by atoms with van der Waals surface area (Å²) in [5, 5.41) is 6.80. The molecule has 6 nitrogen and oxygen atoms in total. The number of hydrogen-bond acceptors (Lipinski definition) is 4. The van der Waals surface area contributed by atoms with E-state index in [1.165, 1.54) is 42.5 Å². The summed E-state index contributed by atoms with van der Waals surface area (Å²) < 4.78 is 28.6. The molecule has 2 fully saturated rings. The monoisotopic (exact) mass is 577 g/mol. The Morgan fingerprint density at radius 3 is 2.38 bits per heavy atom. The van der Waals surface area contributed by atoms with E-state index in [1.807, 2.05) is 32.0 Å². The van der Waals surface area contributed by atoms with E-state index in [0.29, 0.717) is 40.6 Å².